The molecule has 2 atom stereocenters. The van der Waals surface area contributed by atoms with Crippen LogP contribution in [0.2, 0.25) is 10.0 Å². The standard InChI is InChI=1S/C14H16Cl2N2O2/c1-8(9-5-6-10(15)11(16)7-9)17-14(20)12-3-2-4-13(19)18-12/h5-8,12H,2-4H2,1H3,(H,17,20)(H,18,19)/t8-,12+/m0/s1. The van der Waals surface area contributed by atoms with Crippen LogP contribution in [0, 0.1) is 0 Å². The number of nitrogens with one attached hydrogen (secondary N) is 2. The average molecular weight is 315 g/mol. The molecular weight excluding hydrogens is 299 g/mol. The summed E-state index contributed by atoms with van der Waals surface area (Å²) >= 11 is 11.8. The van der Waals surface area contributed by atoms with Gasteiger partial charge in [0.05, 0.1) is 16.1 Å². The third kappa shape index (κ3) is 3.64. The summed E-state index contributed by atoms with van der Waals surface area (Å²) in [6.07, 6.45) is 1.91. The molecule has 20 heavy (non-hydrogen) atoms. The van der Waals surface area contributed by atoms with Crippen LogP contribution in [-0.2, 0) is 9.59 Å². The van der Waals surface area contributed by atoms with E-state index in [9.17, 15) is 9.59 Å². The van der Waals surface area contributed by atoms with Crippen LogP contribution in [-0.4, -0.2) is 17.9 Å². The molecule has 2 N–H and O–H groups in total. The molecule has 1 fully saturated rings. The van der Waals surface area contributed by atoms with Gasteiger partial charge in [-0.05, 0) is 37.5 Å². The maximum atomic E-state index is 12.1. The molecule has 108 valence electrons. The number of hydrogen-bond donors (Lipinski definition) is 2. The second-order valence-corrected chi connectivity index (χ2v) is 5.73. The summed E-state index contributed by atoms with van der Waals surface area (Å²) in [5.74, 6) is -0.241. The van der Waals surface area contributed by atoms with E-state index >= 15 is 0 Å². The Hall–Kier alpha value is -1.26. The highest BCUT2D eigenvalue weighted by Crippen LogP contribution is 2.25. The first kappa shape index (κ1) is 15.1. The van der Waals surface area contributed by atoms with E-state index in [4.69, 9.17) is 23.2 Å². The lowest BCUT2D eigenvalue weighted by Gasteiger charge is -2.24. The van der Waals surface area contributed by atoms with Crippen molar-refractivity contribution in [1.82, 2.24) is 10.6 Å². The summed E-state index contributed by atoms with van der Waals surface area (Å²) in [6.45, 7) is 1.86. The number of carbonyl (C=O) groups excluding carboxylic acids is 2. The molecule has 0 aromatic heterocycles. The van der Waals surface area contributed by atoms with Crippen molar-refractivity contribution in [2.24, 2.45) is 0 Å². The van der Waals surface area contributed by atoms with E-state index in [0.717, 1.165) is 12.0 Å². The molecule has 0 aliphatic carbocycles. The van der Waals surface area contributed by atoms with E-state index < -0.39 is 6.04 Å². The first-order valence-electron chi connectivity index (χ1n) is 6.52. The van der Waals surface area contributed by atoms with Crippen molar-refractivity contribution < 1.29 is 9.59 Å². The smallest absolute Gasteiger partial charge is 0.243 e. The molecule has 1 heterocycles. The molecule has 0 bridgehead atoms. The third-order valence-corrected chi connectivity index (χ3v) is 4.09. The Bertz CT molecular complexity index is 534. The van der Waals surface area contributed by atoms with Crippen LogP contribution < -0.4 is 10.6 Å². The minimum absolute atomic E-state index is 0.0707. The summed E-state index contributed by atoms with van der Waals surface area (Å²) < 4.78 is 0. The summed E-state index contributed by atoms with van der Waals surface area (Å²) in [7, 11) is 0. The predicted octanol–water partition coefficient (Wildman–Crippen LogP) is 2.84. The van der Waals surface area contributed by atoms with E-state index in [1.54, 1.807) is 12.1 Å². The number of carbonyl (C=O) groups is 2. The summed E-state index contributed by atoms with van der Waals surface area (Å²) in [5.41, 5.74) is 0.870. The fourth-order valence-corrected chi connectivity index (χ4v) is 2.49. The van der Waals surface area contributed by atoms with E-state index in [2.05, 4.69) is 10.6 Å². The quantitative estimate of drug-likeness (QED) is 0.901. The molecule has 0 unspecified atom stereocenters. The topological polar surface area (TPSA) is 58.2 Å². The summed E-state index contributed by atoms with van der Waals surface area (Å²) in [6, 6.07) is 4.61. The van der Waals surface area contributed by atoms with Crippen LogP contribution in [0.15, 0.2) is 18.2 Å². The van der Waals surface area contributed by atoms with Gasteiger partial charge in [0.1, 0.15) is 6.04 Å². The molecule has 0 saturated carbocycles. The first-order valence-corrected chi connectivity index (χ1v) is 7.27. The van der Waals surface area contributed by atoms with E-state index in [1.807, 2.05) is 13.0 Å². The highest BCUT2D eigenvalue weighted by Gasteiger charge is 2.25. The van der Waals surface area contributed by atoms with Gasteiger partial charge in [-0.3, -0.25) is 9.59 Å². The van der Waals surface area contributed by atoms with Crippen LogP contribution in [0.3, 0.4) is 0 Å². The van der Waals surface area contributed by atoms with Gasteiger partial charge in [-0.1, -0.05) is 29.3 Å². The Morgan fingerprint density at radius 3 is 2.80 bits per heavy atom. The third-order valence-electron chi connectivity index (χ3n) is 3.35. The van der Waals surface area contributed by atoms with Crippen molar-refractivity contribution >= 4 is 35.0 Å². The average Bonchev–Trinajstić information content (AvgIpc) is 2.41. The first-order chi connectivity index (χ1) is 9.47. The van der Waals surface area contributed by atoms with Crippen LogP contribution in [0.25, 0.3) is 0 Å². The lowest BCUT2D eigenvalue weighted by Crippen LogP contribution is -2.49. The molecule has 2 amide bonds. The minimum atomic E-state index is -0.443. The normalized spacial score (nSPS) is 20.1. The van der Waals surface area contributed by atoms with E-state index in [1.165, 1.54) is 0 Å². The molecule has 1 saturated heterocycles. The van der Waals surface area contributed by atoms with Crippen molar-refractivity contribution in [3.63, 3.8) is 0 Å². The van der Waals surface area contributed by atoms with Gasteiger partial charge in [0.15, 0.2) is 0 Å². The van der Waals surface area contributed by atoms with Gasteiger partial charge in [-0.25, -0.2) is 0 Å². The highest BCUT2D eigenvalue weighted by molar-refractivity contribution is 6.42. The number of amides is 2. The molecule has 1 aromatic carbocycles. The Morgan fingerprint density at radius 2 is 2.15 bits per heavy atom. The van der Waals surface area contributed by atoms with E-state index in [0.29, 0.717) is 22.9 Å². The molecule has 0 spiro atoms. The van der Waals surface area contributed by atoms with Gasteiger partial charge >= 0.3 is 0 Å². The molecule has 2 rings (SSSR count). The summed E-state index contributed by atoms with van der Waals surface area (Å²) in [5, 5.41) is 6.51. The molecule has 6 heteroatoms. The molecular formula is C14H16Cl2N2O2. The zero-order valence-electron chi connectivity index (χ0n) is 11.1. The maximum absolute atomic E-state index is 12.1. The maximum Gasteiger partial charge on any atom is 0.243 e. The summed E-state index contributed by atoms with van der Waals surface area (Å²) in [4.78, 5) is 23.4. The van der Waals surface area contributed by atoms with Gasteiger partial charge < -0.3 is 10.6 Å². The van der Waals surface area contributed by atoms with Crippen LogP contribution in [0.4, 0.5) is 0 Å². The fourth-order valence-electron chi connectivity index (χ4n) is 2.18. The molecule has 1 aromatic rings. The number of piperidine rings is 1. The second-order valence-electron chi connectivity index (χ2n) is 4.92. The van der Waals surface area contributed by atoms with Crippen LogP contribution in [0.1, 0.15) is 37.8 Å². The number of benzene rings is 1. The van der Waals surface area contributed by atoms with Gasteiger partial charge in [-0.15, -0.1) is 0 Å². The van der Waals surface area contributed by atoms with Crippen molar-refractivity contribution in [2.45, 2.75) is 38.3 Å². The van der Waals surface area contributed by atoms with Gasteiger partial charge in [0, 0.05) is 6.42 Å². The minimum Gasteiger partial charge on any atom is -0.348 e. The molecule has 1 aliphatic heterocycles. The van der Waals surface area contributed by atoms with Gasteiger partial charge in [-0.2, -0.15) is 0 Å². The van der Waals surface area contributed by atoms with Crippen molar-refractivity contribution in [3.8, 4) is 0 Å². The lowest BCUT2D eigenvalue weighted by atomic mass is 10.0. The fraction of sp³-hybridized carbons (Fsp3) is 0.429. The molecule has 1 aliphatic rings. The Balaban J connectivity index is 1.99. The second kappa shape index (κ2) is 6.46. The van der Waals surface area contributed by atoms with Crippen LogP contribution >= 0.6 is 23.2 Å². The van der Waals surface area contributed by atoms with Crippen molar-refractivity contribution in [3.05, 3.63) is 33.8 Å². The highest BCUT2D eigenvalue weighted by atomic mass is 35.5. The SMILES string of the molecule is C[C@H](NC(=O)[C@H]1CCCC(=O)N1)c1ccc(Cl)c(Cl)c1. The number of halogens is 2. The predicted molar refractivity (Wildman–Crippen MR) is 78.8 cm³/mol. The Kier molecular flexibility index (Phi) is 4.89. The Labute approximate surface area is 127 Å². The zero-order chi connectivity index (χ0) is 14.7. The van der Waals surface area contributed by atoms with Crippen molar-refractivity contribution in [2.75, 3.05) is 0 Å². The largest absolute Gasteiger partial charge is 0.348 e. The molecule has 4 nitrogen and oxygen atoms in total. The zero-order valence-corrected chi connectivity index (χ0v) is 12.6. The lowest BCUT2D eigenvalue weighted by molar-refractivity contribution is -0.131. The number of rotatable bonds is 3. The monoisotopic (exact) mass is 314 g/mol. The van der Waals surface area contributed by atoms with Gasteiger partial charge in [0.2, 0.25) is 11.8 Å². The number of hydrogen-bond acceptors (Lipinski definition) is 2. The van der Waals surface area contributed by atoms with E-state index in [-0.39, 0.29) is 17.9 Å². The van der Waals surface area contributed by atoms with Gasteiger partial charge in [0.25, 0.3) is 0 Å². The molecule has 0 radical (unpaired) electrons. The Morgan fingerprint density at radius 1 is 1.40 bits per heavy atom. The van der Waals surface area contributed by atoms with Crippen LogP contribution in [0.5, 0.6) is 0 Å². The van der Waals surface area contributed by atoms with Crippen molar-refractivity contribution in [1.29, 1.82) is 0 Å².